The van der Waals surface area contributed by atoms with Crippen LogP contribution < -0.4 is 10.5 Å². The summed E-state index contributed by atoms with van der Waals surface area (Å²) in [6, 6.07) is 21.8. The number of alkyl halides is 3. The molecule has 0 fully saturated rings. The van der Waals surface area contributed by atoms with E-state index in [0.29, 0.717) is 0 Å². The van der Waals surface area contributed by atoms with E-state index in [1.54, 1.807) is 0 Å². The normalized spacial score (nSPS) is 11.5. The number of hydrogen-bond acceptors (Lipinski definition) is 2. The summed E-state index contributed by atoms with van der Waals surface area (Å²) in [6.45, 7) is 0. The van der Waals surface area contributed by atoms with Crippen molar-refractivity contribution in [3.8, 4) is 5.75 Å². The fraction of sp³-hybridized carbons (Fsp3) is 0.100. The number of nitrogens with two attached hydrogens (primary N) is 1. The largest absolute Gasteiger partial charge is 0.480 e. The summed E-state index contributed by atoms with van der Waals surface area (Å²) >= 11 is 0. The summed E-state index contributed by atoms with van der Waals surface area (Å²) in [4.78, 5) is 0. The molecule has 0 amide bonds. The van der Waals surface area contributed by atoms with E-state index in [1.807, 2.05) is 60.7 Å². The predicted molar refractivity (Wildman–Crippen MR) is 91.2 cm³/mol. The van der Waals surface area contributed by atoms with Gasteiger partial charge in [-0.2, -0.15) is 13.2 Å². The Morgan fingerprint density at radius 1 is 0.760 bits per heavy atom. The van der Waals surface area contributed by atoms with E-state index in [0.717, 1.165) is 17.2 Å². The lowest BCUT2D eigenvalue weighted by atomic mass is 10.0. The van der Waals surface area contributed by atoms with Crippen LogP contribution in [-0.2, 0) is 6.18 Å². The fourth-order valence-corrected chi connectivity index (χ4v) is 2.58. The molecule has 0 aliphatic rings. The number of halogens is 3. The zero-order valence-corrected chi connectivity index (χ0v) is 13.2. The third-order valence-electron chi connectivity index (χ3n) is 3.76. The number of benzene rings is 3. The van der Waals surface area contributed by atoms with Gasteiger partial charge in [0.25, 0.3) is 0 Å². The van der Waals surface area contributed by atoms with Crippen molar-refractivity contribution in [2.45, 2.75) is 12.3 Å². The SMILES string of the molecule is Nc1ccc(OC(c2ccccc2)c2ccccc2)c(C(F)(F)F)c1. The molecule has 0 saturated carbocycles. The second-order valence-corrected chi connectivity index (χ2v) is 5.57. The Balaban J connectivity index is 2.06. The quantitative estimate of drug-likeness (QED) is 0.639. The average Bonchev–Trinajstić information content (AvgIpc) is 2.61. The lowest BCUT2D eigenvalue weighted by Gasteiger charge is -2.23. The van der Waals surface area contributed by atoms with E-state index in [4.69, 9.17) is 10.5 Å². The van der Waals surface area contributed by atoms with Crippen LogP contribution in [-0.4, -0.2) is 0 Å². The van der Waals surface area contributed by atoms with Gasteiger partial charge in [0, 0.05) is 5.69 Å². The highest BCUT2D eigenvalue weighted by molar-refractivity contribution is 5.49. The fourth-order valence-electron chi connectivity index (χ4n) is 2.58. The summed E-state index contributed by atoms with van der Waals surface area (Å²) in [5.41, 5.74) is 6.20. The van der Waals surface area contributed by atoms with Crippen LogP contribution in [0.1, 0.15) is 22.8 Å². The highest BCUT2D eigenvalue weighted by atomic mass is 19.4. The minimum atomic E-state index is -4.55. The summed E-state index contributed by atoms with van der Waals surface area (Å²) in [7, 11) is 0. The summed E-state index contributed by atoms with van der Waals surface area (Å²) in [5, 5.41) is 0. The van der Waals surface area contributed by atoms with E-state index in [2.05, 4.69) is 0 Å². The molecule has 0 spiro atoms. The molecule has 25 heavy (non-hydrogen) atoms. The third-order valence-corrected chi connectivity index (χ3v) is 3.76. The maximum Gasteiger partial charge on any atom is 0.420 e. The number of anilines is 1. The van der Waals surface area contributed by atoms with E-state index in [1.165, 1.54) is 12.1 Å². The molecule has 2 N–H and O–H groups in total. The van der Waals surface area contributed by atoms with Gasteiger partial charge in [-0.05, 0) is 29.3 Å². The van der Waals surface area contributed by atoms with Crippen molar-refractivity contribution in [1.82, 2.24) is 0 Å². The Hall–Kier alpha value is -2.95. The van der Waals surface area contributed by atoms with Crippen molar-refractivity contribution >= 4 is 5.69 Å². The minimum absolute atomic E-state index is 0.0376. The van der Waals surface area contributed by atoms with Crippen molar-refractivity contribution in [3.05, 3.63) is 95.6 Å². The molecule has 0 bridgehead atoms. The summed E-state index contributed by atoms with van der Waals surface area (Å²) in [5.74, 6) is -0.251. The first kappa shape index (κ1) is 16.9. The molecule has 0 radical (unpaired) electrons. The molecule has 0 unspecified atom stereocenters. The summed E-state index contributed by atoms with van der Waals surface area (Å²) < 4.78 is 45.9. The van der Waals surface area contributed by atoms with Crippen molar-refractivity contribution in [2.24, 2.45) is 0 Å². The van der Waals surface area contributed by atoms with Crippen molar-refractivity contribution in [2.75, 3.05) is 5.73 Å². The molecule has 0 saturated heterocycles. The molecule has 2 nitrogen and oxygen atoms in total. The van der Waals surface area contributed by atoms with Gasteiger partial charge >= 0.3 is 6.18 Å². The van der Waals surface area contributed by atoms with Gasteiger partial charge in [-0.25, -0.2) is 0 Å². The van der Waals surface area contributed by atoms with Crippen LogP contribution in [0.25, 0.3) is 0 Å². The second kappa shape index (κ2) is 6.89. The molecular formula is C20H16F3NO. The first-order valence-electron chi connectivity index (χ1n) is 7.68. The number of nitrogen functional groups attached to an aromatic ring is 1. The lowest BCUT2D eigenvalue weighted by molar-refractivity contribution is -0.139. The van der Waals surface area contributed by atoms with Gasteiger partial charge in [0.2, 0.25) is 0 Å². The lowest BCUT2D eigenvalue weighted by Crippen LogP contribution is -2.14. The Morgan fingerprint density at radius 2 is 1.28 bits per heavy atom. The van der Waals surface area contributed by atoms with E-state index in [-0.39, 0.29) is 11.4 Å². The smallest absolute Gasteiger partial charge is 0.420 e. The van der Waals surface area contributed by atoms with Crippen LogP contribution in [0.5, 0.6) is 5.75 Å². The van der Waals surface area contributed by atoms with Crippen LogP contribution in [0.3, 0.4) is 0 Å². The zero-order valence-electron chi connectivity index (χ0n) is 13.2. The van der Waals surface area contributed by atoms with Gasteiger partial charge in [0.15, 0.2) is 0 Å². The molecule has 128 valence electrons. The second-order valence-electron chi connectivity index (χ2n) is 5.57. The molecule has 0 aliphatic carbocycles. The van der Waals surface area contributed by atoms with Gasteiger partial charge in [0.05, 0.1) is 5.56 Å². The Morgan fingerprint density at radius 3 is 1.76 bits per heavy atom. The topological polar surface area (TPSA) is 35.2 Å². The molecule has 3 aromatic rings. The number of hydrogen-bond donors (Lipinski definition) is 1. The third kappa shape index (κ3) is 3.94. The Bertz CT molecular complexity index is 793. The molecule has 0 aromatic heterocycles. The van der Waals surface area contributed by atoms with Crippen LogP contribution >= 0.6 is 0 Å². The highest BCUT2D eigenvalue weighted by Gasteiger charge is 2.35. The summed E-state index contributed by atoms with van der Waals surface area (Å²) in [6.07, 6.45) is -5.21. The van der Waals surface area contributed by atoms with E-state index >= 15 is 0 Å². The van der Waals surface area contributed by atoms with Gasteiger partial charge in [-0.3, -0.25) is 0 Å². The molecular weight excluding hydrogens is 327 g/mol. The molecule has 3 aromatic carbocycles. The van der Waals surface area contributed by atoms with E-state index < -0.39 is 17.8 Å². The average molecular weight is 343 g/mol. The predicted octanol–water partition coefficient (Wildman–Crippen LogP) is 5.46. The first-order valence-corrected chi connectivity index (χ1v) is 7.68. The minimum Gasteiger partial charge on any atom is -0.480 e. The Labute approximate surface area is 143 Å². The molecule has 0 atom stereocenters. The zero-order chi connectivity index (χ0) is 17.9. The molecule has 0 heterocycles. The number of rotatable bonds is 4. The van der Waals surface area contributed by atoms with Crippen molar-refractivity contribution in [3.63, 3.8) is 0 Å². The van der Waals surface area contributed by atoms with Crippen LogP contribution in [0, 0.1) is 0 Å². The van der Waals surface area contributed by atoms with Crippen molar-refractivity contribution < 1.29 is 17.9 Å². The van der Waals surface area contributed by atoms with Crippen LogP contribution in [0.4, 0.5) is 18.9 Å². The van der Waals surface area contributed by atoms with Gasteiger partial charge in [0.1, 0.15) is 11.9 Å². The maximum absolute atomic E-state index is 13.3. The van der Waals surface area contributed by atoms with Crippen molar-refractivity contribution in [1.29, 1.82) is 0 Å². The van der Waals surface area contributed by atoms with E-state index in [9.17, 15) is 13.2 Å². The first-order chi connectivity index (χ1) is 11.9. The standard InChI is InChI=1S/C20H16F3NO/c21-20(22,23)17-13-16(24)11-12-18(17)25-19(14-7-3-1-4-8-14)15-9-5-2-6-10-15/h1-13,19H,24H2. The number of ether oxygens (including phenoxy) is 1. The maximum atomic E-state index is 13.3. The molecule has 0 aliphatic heterocycles. The van der Waals surface area contributed by atoms with Gasteiger partial charge in [-0.15, -0.1) is 0 Å². The molecule has 3 rings (SSSR count). The van der Waals surface area contributed by atoms with Gasteiger partial charge in [-0.1, -0.05) is 60.7 Å². The van der Waals surface area contributed by atoms with Crippen LogP contribution in [0.15, 0.2) is 78.9 Å². The van der Waals surface area contributed by atoms with Gasteiger partial charge < -0.3 is 10.5 Å². The van der Waals surface area contributed by atoms with Crippen LogP contribution in [0.2, 0.25) is 0 Å². The highest BCUT2D eigenvalue weighted by Crippen LogP contribution is 2.40. The molecule has 5 heteroatoms. The monoisotopic (exact) mass is 343 g/mol. The Kier molecular flexibility index (Phi) is 4.65.